The van der Waals surface area contributed by atoms with Gasteiger partial charge in [0.05, 0.1) is 7.11 Å². The summed E-state index contributed by atoms with van der Waals surface area (Å²) in [6, 6.07) is 2.64. The third kappa shape index (κ3) is 4.07. The summed E-state index contributed by atoms with van der Waals surface area (Å²) < 4.78 is 5.13. The number of amides is 2. The lowest BCUT2D eigenvalue weighted by Gasteiger charge is -2.09. The molecule has 0 spiro atoms. The molecule has 102 valence electrons. The lowest BCUT2D eigenvalue weighted by Crippen LogP contribution is -2.40. The molecule has 0 fully saturated rings. The van der Waals surface area contributed by atoms with Crippen LogP contribution in [0.1, 0.15) is 5.69 Å². The Labute approximate surface area is 110 Å². The van der Waals surface area contributed by atoms with Crippen molar-refractivity contribution < 1.29 is 14.3 Å². The van der Waals surface area contributed by atoms with Crippen molar-refractivity contribution in [2.24, 2.45) is 0 Å². The highest BCUT2D eigenvalue weighted by atomic mass is 16.5. The smallest absolute Gasteiger partial charge is 0.247 e. The number of nitrogens with two attached hydrogens (primary N) is 1. The standard InChI is InChI=1S/C12H16N4O3/c1-14-9(12(18)15-7-17)4-3-8-10(19-2)5-6-11(13)16-8/h3-7,9,14H,1-2H3,(H2,13,16)(H,15,17,18)/b4-3+. The van der Waals surface area contributed by atoms with Gasteiger partial charge in [0.25, 0.3) is 0 Å². The third-order valence-electron chi connectivity index (χ3n) is 2.37. The number of carbonyl (C=O) groups is 2. The van der Waals surface area contributed by atoms with Crippen molar-refractivity contribution in [3.05, 3.63) is 23.9 Å². The van der Waals surface area contributed by atoms with Crippen molar-refractivity contribution in [2.45, 2.75) is 6.04 Å². The minimum Gasteiger partial charge on any atom is -0.494 e. The van der Waals surface area contributed by atoms with Crippen LogP contribution in [0.3, 0.4) is 0 Å². The van der Waals surface area contributed by atoms with Crippen LogP contribution in [0.5, 0.6) is 5.75 Å². The second kappa shape index (κ2) is 7.12. The zero-order valence-corrected chi connectivity index (χ0v) is 10.7. The molecule has 1 rings (SSSR count). The molecule has 0 saturated heterocycles. The number of methoxy groups -OCH3 is 1. The molecule has 19 heavy (non-hydrogen) atoms. The maximum absolute atomic E-state index is 11.5. The number of pyridine rings is 1. The van der Waals surface area contributed by atoms with E-state index in [-0.39, 0.29) is 0 Å². The molecule has 0 aliphatic heterocycles. The highest BCUT2D eigenvalue weighted by molar-refractivity contribution is 5.92. The van der Waals surface area contributed by atoms with Crippen LogP contribution in [0.2, 0.25) is 0 Å². The van der Waals surface area contributed by atoms with Crippen molar-refractivity contribution in [1.29, 1.82) is 0 Å². The van der Waals surface area contributed by atoms with E-state index in [2.05, 4.69) is 15.6 Å². The third-order valence-corrected chi connectivity index (χ3v) is 2.37. The Morgan fingerprint density at radius 2 is 2.26 bits per heavy atom. The number of hydrogen-bond donors (Lipinski definition) is 3. The van der Waals surface area contributed by atoms with Crippen molar-refractivity contribution in [3.63, 3.8) is 0 Å². The summed E-state index contributed by atoms with van der Waals surface area (Å²) in [6.45, 7) is 0. The van der Waals surface area contributed by atoms with Crippen molar-refractivity contribution >= 4 is 24.2 Å². The molecular formula is C12H16N4O3. The fourth-order valence-corrected chi connectivity index (χ4v) is 1.42. The number of hydrogen-bond acceptors (Lipinski definition) is 6. The summed E-state index contributed by atoms with van der Waals surface area (Å²) in [5.41, 5.74) is 6.09. The number of nitrogen functional groups attached to an aromatic ring is 1. The van der Waals surface area contributed by atoms with E-state index in [1.165, 1.54) is 7.11 Å². The molecule has 0 aromatic carbocycles. The number of rotatable bonds is 6. The molecule has 2 amide bonds. The van der Waals surface area contributed by atoms with E-state index in [0.717, 1.165) is 0 Å². The Hall–Kier alpha value is -2.41. The SMILES string of the molecule is CNC(/C=C/c1nc(N)ccc1OC)C(=O)NC=O. The van der Waals surface area contributed by atoms with Crippen LogP contribution in [0.25, 0.3) is 6.08 Å². The molecule has 1 heterocycles. The molecule has 1 atom stereocenters. The van der Waals surface area contributed by atoms with Gasteiger partial charge in [0.15, 0.2) is 0 Å². The van der Waals surface area contributed by atoms with Gasteiger partial charge >= 0.3 is 0 Å². The van der Waals surface area contributed by atoms with Crippen LogP contribution in [-0.4, -0.2) is 37.5 Å². The Balaban J connectivity index is 2.92. The summed E-state index contributed by atoms with van der Waals surface area (Å²) >= 11 is 0. The van der Waals surface area contributed by atoms with E-state index in [9.17, 15) is 9.59 Å². The number of nitrogens with zero attached hydrogens (tertiary/aromatic N) is 1. The summed E-state index contributed by atoms with van der Waals surface area (Å²) in [4.78, 5) is 25.8. The van der Waals surface area contributed by atoms with Crippen LogP contribution >= 0.6 is 0 Å². The molecule has 7 heteroatoms. The molecule has 0 aliphatic rings. The number of imide groups is 1. The van der Waals surface area contributed by atoms with Crippen LogP contribution in [0, 0.1) is 0 Å². The largest absolute Gasteiger partial charge is 0.494 e. The average molecular weight is 264 g/mol. The number of likely N-dealkylation sites (N-methyl/N-ethyl adjacent to an activating group) is 1. The first-order chi connectivity index (χ1) is 9.12. The van der Waals surface area contributed by atoms with Gasteiger partial charge in [-0.2, -0.15) is 0 Å². The number of nitrogens with one attached hydrogen (secondary N) is 2. The fourth-order valence-electron chi connectivity index (χ4n) is 1.42. The normalized spacial score (nSPS) is 12.1. The number of aromatic nitrogens is 1. The number of anilines is 1. The van der Waals surface area contributed by atoms with Gasteiger partial charge in [0, 0.05) is 0 Å². The van der Waals surface area contributed by atoms with Crippen molar-refractivity contribution in [3.8, 4) is 5.75 Å². The second-order valence-corrected chi connectivity index (χ2v) is 3.58. The molecule has 1 aromatic rings. The number of ether oxygens (including phenoxy) is 1. The zero-order chi connectivity index (χ0) is 14.3. The van der Waals surface area contributed by atoms with Crippen molar-refractivity contribution in [2.75, 3.05) is 19.9 Å². The topological polar surface area (TPSA) is 106 Å². The van der Waals surface area contributed by atoms with Crippen LogP contribution < -0.4 is 21.1 Å². The monoisotopic (exact) mass is 264 g/mol. The van der Waals surface area contributed by atoms with Gasteiger partial charge in [0.1, 0.15) is 23.3 Å². The molecule has 1 unspecified atom stereocenters. The van der Waals surface area contributed by atoms with E-state index < -0.39 is 11.9 Å². The summed E-state index contributed by atoms with van der Waals surface area (Å²) in [5, 5.41) is 4.81. The highest BCUT2D eigenvalue weighted by Crippen LogP contribution is 2.18. The first-order valence-corrected chi connectivity index (χ1v) is 5.52. The molecule has 0 radical (unpaired) electrons. The van der Waals surface area contributed by atoms with E-state index in [0.29, 0.717) is 23.7 Å². The molecule has 0 aliphatic carbocycles. The highest BCUT2D eigenvalue weighted by Gasteiger charge is 2.12. The minimum atomic E-state index is -0.655. The molecule has 7 nitrogen and oxygen atoms in total. The molecule has 0 bridgehead atoms. The van der Waals surface area contributed by atoms with Gasteiger partial charge in [0.2, 0.25) is 12.3 Å². The molecule has 1 aromatic heterocycles. The Morgan fingerprint density at radius 1 is 1.53 bits per heavy atom. The van der Waals surface area contributed by atoms with E-state index >= 15 is 0 Å². The van der Waals surface area contributed by atoms with Gasteiger partial charge in [-0.25, -0.2) is 4.98 Å². The molecule has 0 saturated carbocycles. The second-order valence-electron chi connectivity index (χ2n) is 3.58. The van der Waals surface area contributed by atoms with E-state index in [4.69, 9.17) is 10.5 Å². The van der Waals surface area contributed by atoms with Gasteiger partial charge in [-0.1, -0.05) is 6.08 Å². The van der Waals surface area contributed by atoms with E-state index in [1.807, 2.05) is 0 Å². The lowest BCUT2D eigenvalue weighted by molar-refractivity contribution is -0.125. The predicted octanol–water partition coefficient (Wildman–Crippen LogP) is -0.454. The number of carbonyl (C=O) groups excluding carboxylic acids is 2. The van der Waals surface area contributed by atoms with Gasteiger partial charge in [-0.05, 0) is 25.3 Å². The summed E-state index contributed by atoms with van der Waals surface area (Å²) in [6.07, 6.45) is 3.49. The predicted molar refractivity (Wildman–Crippen MR) is 71.3 cm³/mol. The Morgan fingerprint density at radius 3 is 2.84 bits per heavy atom. The maximum Gasteiger partial charge on any atom is 0.247 e. The van der Waals surface area contributed by atoms with Crippen LogP contribution in [0.4, 0.5) is 5.82 Å². The quantitative estimate of drug-likeness (QED) is 0.601. The van der Waals surface area contributed by atoms with Gasteiger partial charge in [-0.15, -0.1) is 0 Å². The molecule has 4 N–H and O–H groups in total. The average Bonchev–Trinajstić information content (AvgIpc) is 2.40. The maximum atomic E-state index is 11.5. The van der Waals surface area contributed by atoms with Gasteiger partial charge in [-0.3, -0.25) is 14.9 Å². The Bertz CT molecular complexity index is 488. The zero-order valence-electron chi connectivity index (χ0n) is 10.7. The minimum absolute atomic E-state index is 0.333. The van der Waals surface area contributed by atoms with E-state index in [1.54, 1.807) is 31.3 Å². The first kappa shape index (κ1) is 14.7. The Kier molecular flexibility index (Phi) is 5.49. The molecular weight excluding hydrogens is 248 g/mol. The first-order valence-electron chi connectivity index (χ1n) is 5.52. The van der Waals surface area contributed by atoms with Gasteiger partial charge < -0.3 is 15.8 Å². The van der Waals surface area contributed by atoms with Crippen molar-refractivity contribution in [1.82, 2.24) is 15.6 Å². The van der Waals surface area contributed by atoms with Crippen LogP contribution in [-0.2, 0) is 9.59 Å². The van der Waals surface area contributed by atoms with Crippen LogP contribution in [0.15, 0.2) is 18.2 Å². The lowest BCUT2D eigenvalue weighted by atomic mass is 10.2. The summed E-state index contributed by atoms with van der Waals surface area (Å²) in [5.74, 6) is 0.423. The fraction of sp³-hybridized carbons (Fsp3) is 0.250. The summed E-state index contributed by atoms with van der Waals surface area (Å²) in [7, 11) is 3.11.